The molecule has 14 rings (SSSR count). The van der Waals surface area contributed by atoms with Crippen LogP contribution in [-0.4, -0.2) is 48.4 Å². The molecule has 12 aromatic carbocycles. The zero-order valence-corrected chi connectivity index (χ0v) is 63.9. The molecular formula is C98H104F2N2O6. The first-order valence-corrected chi connectivity index (χ1v) is 38.6. The van der Waals surface area contributed by atoms with E-state index in [1.807, 2.05) is 161 Å². The molecular weight excluding hydrogens is 1340 g/mol. The molecule has 8 nitrogen and oxygen atoms in total. The van der Waals surface area contributed by atoms with Crippen molar-refractivity contribution < 1.29 is 37.4 Å². The van der Waals surface area contributed by atoms with Crippen LogP contribution in [-0.2, 0) is 67.5 Å². The number of nitrogens with two attached hydrogens (primary N) is 2. The van der Waals surface area contributed by atoms with Crippen LogP contribution in [0.25, 0.3) is 43.1 Å². The quantitative estimate of drug-likeness (QED) is 0.0494. The Balaban J connectivity index is 0.000000143. The summed E-state index contributed by atoms with van der Waals surface area (Å²) >= 11 is 0. The fourth-order valence-electron chi connectivity index (χ4n) is 14.5. The minimum atomic E-state index is -0.255. The van der Waals surface area contributed by atoms with Gasteiger partial charge < -0.3 is 20.9 Å². The van der Waals surface area contributed by atoms with Crippen molar-refractivity contribution in [3.8, 4) is 0 Å². The lowest BCUT2D eigenvalue weighted by atomic mass is 9.87. The highest BCUT2D eigenvalue weighted by Crippen LogP contribution is 2.50. The van der Waals surface area contributed by atoms with Gasteiger partial charge in [-0.3, -0.25) is 19.2 Å². The van der Waals surface area contributed by atoms with E-state index >= 15 is 0 Å². The number of hydrogen-bond donors (Lipinski definition) is 2. The molecule has 0 radical (unpaired) electrons. The zero-order valence-electron chi connectivity index (χ0n) is 63.9. The summed E-state index contributed by atoms with van der Waals surface area (Å²) in [6.07, 6.45) is 4.71. The third-order valence-corrected chi connectivity index (χ3v) is 21.1. The van der Waals surface area contributed by atoms with E-state index in [2.05, 4.69) is 125 Å². The summed E-state index contributed by atoms with van der Waals surface area (Å²) in [5, 5.41) is 7.64. The molecule has 0 heterocycles. The Morgan fingerprint density at radius 3 is 1.02 bits per heavy atom. The smallest absolute Gasteiger partial charge is 0.144 e. The number of fused-ring (bicyclic) bond motifs is 4. The largest absolute Gasteiger partial charge is 0.374 e. The molecule has 556 valence electrons. The number of hydrogen-bond acceptors (Lipinski definition) is 8. The lowest BCUT2D eigenvalue weighted by Crippen LogP contribution is -2.19. The normalized spacial score (nSPS) is 15.6. The summed E-state index contributed by atoms with van der Waals surface area (Å²) in [6, 6.07) is 84.5. The van der Waals surface area contributed by atoms with Crippen LogP contribution in [0.3, 0.4) is 0 Å². The van der Waals surface area contributed by atoms with Crippen LogP contribution in [0.15, 0.2) is 255 Å². The lowest BCUT2D eigenvalue weighted by molar-refractivity contribution is -0.120. The van der Waals surface area contributed by atoms with Gasteiger partial charge in [0.25, 0.3) is 0 Å². The third kappa shape index (κ3) is 21.3. The molecule has 4 N–H and O–H groups in total. The molecule has 108 heavy (non-hydrogen) atoms. The van der Waals surface area contributed by atoms with Crippen LogP contribution < -0.4 is 11.5 Å². The first kappa shape index (κ1) is 79.1. The van der Waals surface area contributed by atoms with E-state index in [1.165, 1.54) is 33.0 Å². The Labute approximate surface area is 637 Å². The lowest BCUT2D eigenvalue weighted by Gasteiger charge is -2.17. The Kier molecular flexibility index (Phi) is 27.6. The van der Waals surface area contributed by atoms with Crippen molar-refractivity contribution in [2.45, 2.75) is 168 Å². The van der Waals surface area contributed by atoms with Gasteiger partial charge in [-0.05, 0) is 189 Å². The minimum absolute atomic E-state index is 0.0331. The first-order valence-electron chi connectivity index (χ1n) is 38.6. The number of carbonyl (C=O) groups excluding carboxylic acids is 4. The van der Waals surface area contributed by atoms with Crippen molar-refractivity contribution in [2.75, 3.05) is 13.1 Å². The van der Waals surface area contributed by atoms with E-state index in [0.717, 1.165) is 67.8 Å². The van der Waals surface area contributed by atoms with Crippen molar-refractivity contribution in [1.29, 1.82) is 0 Å². The Bertz CT molecular complexity index is 4690. The maximum absolute atomic E-state index is 14.7. The average molecular weight is 1440 g/mol. The number of ketones is 4. The Hall–Kier alpha value is -9.94. The van der Waals surface area contributed by atoms with Crippen molar-refractivity contribution in [2.24, 2.45) is 23.3 Å². The molecule has 0 aromatic heterocycles. The molecule has 6 atom stereocenters. The van der Waals surface area contributed by atoms with Crippen molar-refractivity contribution in [3.63, 3.8) is 0 Å². The molecule has 10 heteroatoms. The first-order chi connectivity index (χ1) is 52.2. The second kappa shape index (κ2) is 37.7. The monoisotopic (exact) mass is 1440 g/mol. The standard InChI is InChI=1S/2C25H29NO2.2C24H23FO/c2*1-18(2)28-17-19-7-11-22(12-8-19)24(13-14-26)25(27)16-20-9-10-21-5-3-4-6-23(21)15-20;2*1-15(2)16-7-9-18(10-8-16)21-14-22(21)23(26)13-19-12-11-17-5-3-4-6-20(17)24(19)25/h2*3-12,15,18,24H,13-14,16-17,26H2,1-2H3;2*3-12,15,21-22H,13-14H2,1-2H3/t24-;;21-,22+;/m1.0./s1. The van der Waals surface area contributed by atoms with E-state index in [4.69, 9.17) is 20.9 Å². The number of Topliss-reactive ketones (excluding diaryl/α,β-unsaturated/α-hetero) is 4. The number of ether oxygens (including phenoxy) is 2. The molecule has 0 spiro atoms. The molecule has 2 aliphatic rings. The second-order valence-corrected chi connectivity index (χ2v) is 30.5. The van der Waals surface area contributed by atoms with Gasteiger partial charge in [0.2, 0.25) is 0 Å². The van der Waals surface area contributed by atoms with Crippen LogP contribution >= 0.6 is 0 Å². The van der Waals surface area contributed by atoms with E-state index in [-0.39, 0.29) is 83.5 Å². The van der Waals surface area contributed by atoms with Gasteiger partial charge >= 0.3 is 0 Å². The predicted octanol–water partition coefficient (Wildman–Crippen LogP) is 22.1. The van der Waals surface area contributed by atoms with Crippen LogP contribution in [0.4, 0.5) is 8.78 Å². The summed E-state index contributed by atoms with van der Waals surface area (Å²) in [6.45, 7) is 19.0. The average Bonchev–Trinajstić information content (AvgIpc) is 1.64. The van der Waals surface area contributed by atoms with Crippen LogP contribution in [0.5, 0.6) is 0 Å². The topological polar surface area (TPSA) is 139 Å². The van der Waals surface area contributed by atoms with Gasteiger partial charge in [-0.1, -0.05) is 282 Å². The van der Waals surface area contributed by atoms with E-state index in [9.17, 15) is 28.0 Å². The second-order valence-electron chi connectivity index (χ2n) is 30.5. The zero-order chi connectivity index (χ0) is 76.4. The Morgan fingerprint density at radius 1 is 0.361 bits per heavy atom. The highest BCUT2D eigenvalue weighted by Gasteiger charge is 2.44. The van der Waals surface area contributed by atoms with Gasteiger partial charge in [0.05, 0.1) is 25.4 Å². The van der Waals surface area contributed by atoms with E-state index < -0.39 is 0 Å². The number of rotatable bonds is 28. The van der Waals surface area contributed by atoms with Gasteiger partial charge in [-0.2, -0.15) is 0 Å². The molecule has 2 saturated carbocycles. The molecule has 0 saturated heterocycles. The van der Waals surface area contributed by atoms with Gasteiger partial charge in [0.1, 0.15) is 34.8 Å². The molecule has 2 fully saturated rings. The summed E-state index contributed by atoms with van der Waals surface area (Å²) in [4.78, 5) is 51.4. The van der Waals surface area contributed by atoms with Crippen LogP contribution in [0.2, 0.25) is 0 Å². The number of halogens is 2. The summed E-state index contributed by atoms with van der Waals surface area (Å²) < 4.78 is 40.7. The maximum Gasteiger partial charge on any atom is 0.144 e. The highest BCUT2D eigenvalue weighted by atomic mass is 19.1. The molecule has 0 amide bonds. The molecule has 2 aliphatic carbocycles. The summed E-state index contributed by atoms with van der Waals surface area (Å²) in [5.41, 5.74) is 24.1. The van der Waals surface area contributed by atoms with Gasteiger partial charge in [-0.15, -0.1) is 0 Å². The molecule has 12 aromatic rings. The third-order valence-electron chi connectivity index (χ3n) is 21.1. The molecule has 0 aliphatic heterocycles. The maximum atomic E-state index is 14.7. The number of benzene rings is 12. The van der Waals surface area contributed by atoms with E-state index in [0.29, 0.717) is 97.6 Å². The SMILES string of the molecule is CC(C)OCc1ccc(C(CCN)C(=O)Cc2ccc3ccccc3c2)cc1.CC(C)OCc1ccc([C@@H](CCN)C(=O)Cc2ccc3ccccc3c2)cc1.CC(C)c1ccc(C2CC2C(=O)Cc2ccc3ccccc3c2F)cc1.CC(C)c1ccc([C@@H]2C[C@H]2C(=O)Cc2ccc3ccccc3c2F)cc1. The van der Waals surface area contributed by atoms with Crippen molar-refractivity contribution >= 4 is 66.2 Å². The fraction of sp³-hybridized carbons (Fsp3) is 0.306. The molecule has 3 unspecified atom stereocenters. The minimum Gasteiger partial charge on any atom is -0.374 e. The molecule has 0 bridgehead atoms. The van der Waals surface area contributed by atoms with Crippen LogP contribution in [0, 0.1) is 23.5 Å². The fourth-order valence-corrected chi connectivity index (χ4v) is 14.5. The Morgan fingerprint density at radius 2 is 0.676 bits per heavy atom. The predicted molar refractivity (Wildman–Crippen MR) is 439 cm³/mol. The highest BCUT2D eigenvalue weighted by molar-refractivity contribution is 5.93. The van der Waals surface area contributed by atoms with Gasteiger partial charge in [0.15, 0.2) is 0 Å². The van der Waals surface area contributed by atoms with Crippen molar-refractivity contribution in [3.05, 3.63) is 333 Å². The van der Waals surface area contributed by atoms with Crippen molar-refractivity contribution in [1.82, 2.24) is 0 Å². The van der Waals surface area contributed by atoms with Crippen LogP contribution in [0.1, 0.15) is 183 Å². The van der Waals surface area contributed by atoms with E-state index in [1.54, 1.807) is 24.3 Å². The van der Waals surface area contributed by atoms with Gasteiger partial charge in [-0.25, -0.2) is 8.78 Å². The summed E-state index contributed by atoms with van der Waals surface area (Å²) in [7, 11) is 0. The number of carbonyl (C=O) groups is 4. The summed E-state index contributed by atoms with van der Waals surface area (Å²) in [5.74, 6) is 1.56. The van der Waals surface area contributed by atoms with Gasteiger partial charge in [0, 0.05) is 60.1 Å².